The summed E-state index contributed by atoms with van der Waals surface area (Å²) >= 11 is 0. The van der Waals surface area contributed by atoms with Gasteiger partial charge in [-0.3, -0.25) is 14.6 Å². The van der Waals surface area contributed by atoms with Gasteiger partial charge in [-0.1, -0.05) is 56.0 Å². The number of rotatable bonds is 11. The highest BCUT2D eigenvalue weighted by atomic mass is 16.1. The Balaban J connectivity index is 1.73. The molecule has 39 heavy (non-hydrogen) atoms. The van der Waals surface area contributed by atoms with Gasteiger partial charge in [-0.2, -0.15) is 0 Å². The van der Waals surface area contributed by atoms with Crippen LogP contribution in [0, 0.1) is 0 Å². The Labute approximate surface area is 229 Å². The average Bonchev–Trinajstić information content (AvgIpc) is 3.24. The molecule has 198 valence electrons. The Morgan fingerprint density at radius 1 is 0.949 bits per heavy atom. The number of allylic oxidation sites excluding steroid dienone is 2. The van der Waals surface area contributed by atoms with Crippen molar-refractivity contribution in [3.63, 3.8) is 0 Å². The van der Waals surface area contributed by atoms with Gasteiger partial charge in [-0.15, -0.1) is 0 Å². The first kappa shape index (κ1) is 27.5. The molecule has 3 aromatic carbocycles. The number of benzene rings is 3. The van der Waals surface area contributed by atoms with E-state index in [1.54, 1.807) is 20.0 Å². The third-order valence-electron chi connectivity index (χ3n) is 6.49. The summed E-state index contributed by atoms with van der Waals surface area (Å²) in [4.78, 5) is 32.5. The molecule has 1 aromatic heterocycles. The number of aliphatic imine (C=N–C) groups is 1. The van der Waals surface area contributed by atoms with Crippen LogP contribution in [0.2, 0.25) is 0 Å². The summed E-state index contributed by atoms with van der Waals surface area (Å²) in [5.74, 6) is 0.755. The zero-order valence-corrected chi connectivity index (χ0v) is 23.0. The van der Waals surface area contributed by atoms with Crippen LogP contribution in [0.1, 0.15) is 48.6 Å². The molecule has 0 saturated carbocycles. The van der Waals surface area contributed by atoms with Crippen LogP contribution in [0.4, 0.5) is 5.95 Å². The fourth-order valence-electron chi connectivity index (χ4n) is 4.52. The van der Waals surface area contributed by atoms with Crippen LogP contribution in [-0.4, -0.2) is 33.9 Å². The number of hydrogen-bond acceptors (Lipinski definition) is 5. The topological polar surface area (TPSA) is 76.3 Å². The molecular weight excluding hydrogens is 484 g/mol. The zero-order chi connectivity index (χ0) is 27.9. The lowest BCUT2D eigenvalue weighted by Crippen LogP contribution is -2.08. The molecule has 0 radical (unpaired) electrons. The number of imidazole rings is 1. The summed E-state index contributed by atoms with van der Waals surface area (Å²) in [7, 11) is 1.72. The second-order valence-corrected chi connectivity index (χ2v) is 9.63. The molecule has 1 heterocycles. The van der Waals surface area contributed by atoms with E-state index in [1.807, 2.05) is 42.5 Å². The lowest BCUT2D eigenvalue weighted by atomic mass is 10.1. The maximum Gasteiger partial charge on any atom is 0.208 e. The van der Waals surface area contributed by atoms with Crippen molar-refractivity contribution in [1.29, 1.82) is 0 Å². The first-order chi connectivity index (χ1) is 18.8. The molecule has 4 rings (SSSR count). The summed E-state index contributed by atoms with van der Waals surface area (Å²) in [6, 6.07) is 22.4. The van der Waals surface area contributed by atoms with Crippen LogP contribution in [0.15, 0.2) is 90.5 Å². The van der Waals surface area contributed by atoms with Gasteiger partial charge in [0.25, 0.3) is 0 Å². The molecule has 6 heteroatoms. The number of aromatic nitrogens is 2. The van der Waals surface area contributed by atoms with E-state index in [2.05, 4.69) is 52.6 Å². The van der Waals surface area contributed by atoms with Gasteiger partial charge >= 0.3 is 0 Å². The average molecular weight is 519 g/mol. The SMILES string of the molecule is C=C(Nc1nc2cc(CC(C)=O)ccc2n1Cc1cccc(C(/C=C\C(C)=O)=N/C)c1)c1cccc(CC)c1. The standard InChI is InChI=1S/C33H34N4O2/c1-6-25-9-7-11-28(18-25)24(4)35-33-36-31-20-26(17-23(3)39)14-16-32(31)37(33)21-27-10-8-12-29(19-27)30(34-5)15-13-22(2)38/h7-16,18-20H,4,6,17,21H2,1-3,5H3,(H,35,36)/b15-13-,34-30+. The number of nitrogens with zero attached hydrogens (tertiary/aromatic N) is 3. The van der Waals surface area contributed by atoms with E-state index < -0.39 is 0 Å². The highest BCUT2D eigenvalue weighted by Crippen LogP contribution is 2.26. The molecular formula is C33H34N4O2. The summed E-state index contributed by atoms with van der Waals surface area (Å²) < 4.78 is 2.12. The van der Waals surface area contributed by atoms with Crippen LogP contribution in [0.3, 0.4) is 0 Å². The number of hydrogen-bond donors (Lipinski definition) is 1. The number of ketones is 2. The van der Waals surface area contributed by atoms with Crippen LogP contribution in [-0.2, 0) is 29.0 Å². The molecule has 0 aliphatic rings. The van der Waals surface area contributed by atoms with E-state index in [0.29, 0.717) is 18.9 Å². The van der Waals surface area contributed by atoms with Gasteiger partial charge in [-0.05, 0) is 84.5 Å². The summed E-state index contributed by atoms with van der Waals surface area (Å²) in [5, 5.41) is 3.45. The molecule has 0 spiro atoms. The molecule has 0 unspecified atom stereocenters. The number of fused-ring (bicyclic) bond motifs is 1. The Hall–Kier alpha value is -4.58. The lowest BCUT2D eigenvalue weighted by molar-refractivity contribution is -0.116. The van der Waals surface area contributed by atoms with E-state index >= 15 is 0 Å². The Morgan fingerprint density at radius 2 is 1.67 bits per heavy atom. The maximum atomic E-state index is 11.7. The first-order valence-corrected chi connectivity index (χ1v) is 13.1. The van der Waals surface area contributed by atoms with Crippen molar-refractivity contribution in [2.24, 2.45) is 4.99 Å². The molecule has 0 aliphatic heterocycles. The summed E-state index contributed by atoms with van der Waals surface area (Å²) in [6.07, 6.45) is 4.58. The Bertz CT molecular complexity index is 1610. The normalized spacial score (nSPS) is 11.7. The molecule has 4 aromatic rings. The largest absolute Gasteiger partial charge is 0.326 e. The molecule has 0 fully saturated rings. The van der Waals surface area contributed by atoms with Gasteiger partial charge in [0, 0.05) is 19.2 Å². The second kappa shape index (κ2) is 12.3. The van der Waals surface area contributed by atoms with Gasteiger partial charge in [0.2, 0.25) is 5.95 Å². The first-order valence-electron chi connectivity index (χ1n) is 13.1. The van der Waals surface area contributed by atoms with Gasteiger partial charge in [0.15, 0.2) is 5.78 Å². The van der Waals surface area contributed by atoms with Gasteiger partial charge in [0.05, 0.1) is 23.3 Å². The maximum absolute atomic E-state index is 11.7. The molecule has 1 N–H and O–H groups in total. The number of carbonyl (C=O) groups is 2. The van der Waals surface area contributed by atoms with Crippen molar-refractivity contribution in [3.8, 4) is 0 Å². The highest BCUT2D eigenvalue weighted by molar-refractivity contribution is 6.11. The van der Waals surface area contributed by atoms with Crippen molar-refractivity contribution >= 4 is 40.0 Å². The predicted octanol–water partition coefficient (Wildman–Crippen LogP) is 6.43. The molecule has 0 atom stereocenters. The molecule has 0 bridgehead atoms. The smallest absolute Gasteiger partial charge is 0.208 e. The number of aryl methyl sites for hydroxylation is 1. The summed E-state index contributed by atoms with van der Waals surface area (Å²) in [5.41, 5.74) is 8.41. The van der Waals surface area contributed by atoms with E-state index in [1.165, 1.54) is 18.6 Å². The number of nitrogens with one attached hydrogen (secondary N) is 1. The van der Waals surface area contributed by atoms with Crippen LogP contribution >= 0.6 is 0 Å². The minimum absolute atomic E-state index is 0.0262. The van der Waals surface area contributed by atoms with Crippen molar-refractivity contribution in [2.75, 3.05) is 12.4 Å². The van der Waals surface area contributed by atoms with E-state index in [4.69, 9.17) is 4.98 Å². The third kappa shape index (κ3) is 6.85. The van der Waals surface area contributed by atoms with Crippen molar-refractivity contribution in [3.05, 3.63) is 113 Å². The Kier molecular flexibility index (Phi) is 8.67. The van der Waals surface area contributed by atoms with Gasteiger partial charge < -0.3 is 9.88 Å². The number of Topliss-reactive ketones (excluding diaryl/α,β-unsaturated/α-hetero) is 1. The lowest BCUT2D eigenvalue weighted by Gasteiger charge is -2.14. The van der Waals surface area contributed by atoms with Crippen LogP contribution < -0.4 is 5.32 Å². The Morgan fingerprint density at radius 3 is 2.36 bits per heavy atom. The van der Waals surface area contributed by atoms with E-state index in [9.17, 15) is 9.59 Å². The van der Waals surface area contributed by atoms with Crippen LogP contribution in [0.25, 0.3) is 16.7 Å². The monoisotopic (exact) mass is 518 g/mol. The number of anilines is 1. The number of carbonyl (C=O) groups excluding carboxylic acids is 2. The van der Waals surface area contributed by atoms with E-state index in [0.717, 1.165) is 51.1 Å². The molecule has 0 aliphatic carbocycles. The minimum Gasteiger partial charge on any atom is -0.326 e. The highest BCUT2D eigenvalue weighted by Gasteiger charge is 2.15. The third-order valence-corrected chi connectivity index (χ3v) is 6.49. The molecule has 6 nitrogen and oxygen atoms in total. The zero-order valence-electron chi connectivity index (χ0n) is 23.0. The van der Waals surface area contributed by atoms with Gasteiger partial charge in [0.1, 0.15) is 5.78 Å². The van der Waals surface area contributed by atoms with Crippen molar-refractivity contribution in [1.82, 2.24) is 9.55 Å². The second-order valence-electron chi connectivity index (χ2n) is 9.63. The van der Waals surface area contributed by atoms with Crippen molar-refractivity contribution in [2.45, 2.75) is 40.2 Å². The van der Waals surface area contributed by atoms with E-state index in [-0.39, 0.29) is 11.6 Å². The molecule has 0 amide bonds. The quantitative estimate of drug-likeness (QED) is 0.183. The molecule has 0 saturated heterocycles. The fraction of sp³-hybridized carbons (Fsp3) is 0.212. The minimum atomic E-state index is -0.0262. The fourth-order valence-corrected chi connectivity index (χ4v) is 4.52. The van der Waals surface area contributed by atoms with Gasteiger partial charge in [-0.25, -0.2) is 4.98 Å². The predicted molar refractivity (Wildman–Crippen MR) is 160 cm³/mol. The summed E-state index contributed by atoms with van der Waals surface area (Å²) in [6.45, 7) is 10.1. The van der Waals surface area contributed by atoms with Crippen molar-refractivity contribution < 1.29 is 9.59 Å². The van der Waals surface area contributed by atoms with Crippen LogP contribution in [0.5, 0.6) is 0 Å².